The molecule has 1 saturated carbocycles. The van der Waals surface area contributed by atoms with Crippen LogP contribution in [0.25, 0.3) is 0 Å². The van der Waals surface area contributed by atoms with E-state index in [9.17, 15) is 4.79 Å². The van der Waals surface area contributed by atoms with Gasteiger partial charge in [0.2, 0.25) is 0 Å². The van der Waals surface area contributed by atoms with Gasteiger partial charge < -0.3 is 9.90 Å². The Hall–Kier alpha value is -0.630. The van der Waals surface area contributed by atoms with Gasteiger partial charge in [0.15, 0.2) is 0 Å². The normalized spacial score (nSPS) is 33.9. The Labute approximate surface area is 60.6 Å². The highest BCUT2D eigenvalue weighted by Gasteiger charge is 2.21. The molecule has 0 saturated heterocycles. The largest absolute Gasteiger partial charge is 0.393 e. The van der Waals surface area contributed by atoms with Crippen LogP contribution in [0.5, 0.6) is 0 Å². The van der Waals surface area contributed by atoms with Gasteiger partial charge in [0.05, 0.1) is 6.10 Å². The van der Waals surface area contributed by atoms with Crippen molar-refractivity contribution in [2.75, 3.05) is 0 Å². The average molecular weight is 140 g/mol. The fraction of sp³-hybridized carbons (Fsp3) is 0.625. The molecule has 0 amide bonds. The molecular formula is C8H12O2. The van der Waals surface area contributed by atoms with Crippen molar-refractivity contribution in [2.45, 2.75) is 25.4 Å². The zero-order valence-electron chi connectivity index (χ0n) is 5.92. The third kappa shape index (κ3) is 1.67. The van der Waals surface area contributed by atoms with E-state index in [1.54, 1.807) is 0 Å². The van der Waals surface area contributed by atoms with Crippen LogP contribution in [0.4, 0.5) is 0 Å². The molecule has 0 aromatic carbocycles. The van der Waals surface area contributed by atoms with Crippen LogP contribution >= 0.6 is 0 Å². The molecule has 0 aliphatic heterocycles. The lowest BCUT2D eigenvalue weighted by atomic mass is 9.85. The molecule has 1 aliphatic carbocycles. The lowest BCUT2D eigenvalue weighted by Gasteiger charge is -2.23. The number of carbonyl (C=O) groups is 1. The molecule has 2 heteroatoms. The van der Waals surface area contributed by atoms with Crippen LogP contribution in [-0.4, -0.2) is 17.5 Å². The second kappa shape index (κ2) is 2.97. The Morgan fingerprint density at radius 2 is 2.30 bits per heavy atom. The molecule has 0 spiro atoms. The van der Waals surface area contributed by atoms with Gasteiger partial charge in [-0.05, 0) is 19.3 Å². The van der Waals surface area contributed by atoms with Crippen molar-refractivity contribution >= 4 is 6.29 Å². The lowest BCUT2D eigenvalue weighted by molar-refractivity contribution is -0.112. The molecule has 1 unspecified atom stereocenters. The highest BCUT2D eigenvalue weighted by molar-refractivity contribution is 5.54. The van der Waals surface area contributed by atoms with Gasteiger partial charge in [-0.1, -0.05) is 12.2 Å². The summed E-state index contributed by atoms with van der Waals surface area (Å²) in [7, 11) is 0. The van der Waals surface area contributed by atoms with Crippen molar-refractivity contribution in [3.63, 3.8) is 0 Å². The third-order valence-electron chi connectivity index (χ3n) is 1.84. The Bertz CT molecular complexity index is 151. The molecule has 1 fully saturated rings. The molecule has 2 atom stereocenters. The van der Waals surface area contributed by atoms with E-state index in [1.807, 2.05) is 0 Å². The van der Waals surface area contributed by atoms with Crippen LogP contribution in [-0.2, 0) is 4.79 Å². The fourth-order valence-electron chi connectivity index (χ4n) is 1.41. The Kier molecular flexibility index (Phi) is 2.22. The number of hydrogen-bond acceptors (Lipinski definition) is 2. The van der Waals surface area contributed by atoms with Gasteiger partial charge in [-0.25, -0.2) is 0 Å². The average Bonchev–Trinajstić information content (AvgIpc) is 1.85. The maximum absolute atomic E-state index is 10.3. The minimum absolute atomic E-state index is 0.0104. The predicted octanol–water partition coefficient (Wildman–Crippen LogP) is 0.902. The number of rotatable bonds is 1. The van der Waals surface area contributed by atoms with Gasteiger partial charge in [-0.15, -0.1) is 0 Å². The van der Waals surface area contributed by atoms with Crippen LogP contribution in [0.2, 0.25) is 0 Å². The predicted molar refractivity (Wildman–Crippen MR) is 38.6 cm³/mol. The summed E-state index contributed by atoms with van der Waals surface area (Å²) in [5, 5.41) is 9.16. The van der Waals surface area contributed by atoms with Gasteiger partial charge in [0, 0.05) is 5.92 Å². The Morgan fingerprint density at radius 3 is 2.80 bits per heavy atom. The first-order valence-electron chi connectivity index (χ1n) is 3.52. The first kappa shape index (κ1) is 7.48. The molecule has 2 nitrogen and oxygen atoms in total. The maximum atomic E-state index is 10.3. The third-order valence-corrected chi connectivity index (χ3v) is 1.84. The molecule has 1 rings (SSSR count). The quantitative estimate of drug-likeness (QED) is 0.434. The molecule has 0 bridgehead atoms. The first-order valence-corrected chi connectivity index (χ1v) is 3.52. The SMILES string of the molecule is C=C1CC(C=O)C[C@H](O)C1. The molecule has 10 heavy (non-hydrogen) atoms. The highest BCUT2D eigenvalue weighted by Crippen LogP contribution is 2.25. The summed E-state index contributed by atoms with van der Waals surface area (Å²) in [6.07, 6.45) is 2.62. The number of hydrogen-bond donors (Lipinski definition) is 1. The number of aliphatic hydroxyl groups excluding tert-OH is 1. The summed E-state index contributed by atoms with van der Waals surface area (Å²) in [6, 6.07) is 0. The van der Waals surface area contributed by atoms with Gasteiger partial charge in [-0.3, -0.25) is 0 Å². The van der Waals surface area contributed by atoms with E-state index in [1.165, 1.54) is 0 Å². The van der Waals surface area contributed by atoms with Crippen molar-refractivity contribution in [2.24, 2.45) is 5.92 Å². The lowest BCUT2D eigenvalue weighted by Crippen LogP contribution is -2.21. The van der Waals surface area contributed by atoms with E-state index in [-0.39, 0.29) is 12.0 Å². The molecular weight excluding hydrogens is 128 g/mol. The van der Waals surface area contributed by atoms with E-state index in [4.69, 9.17) is 5.11 Å². The smallest absolute Gasteiger partial charge is 0.123 e. The van der Waals surface area contributed by atoms with E-state index < -0.39 is 0 Å². The second-order valence-electron chi connectivity index (χ2n) is 2.94. The first-order chi connectivity index (χ1) is 4.72. The van der Waals surface area contributed by atoms with Crippen molar-refractivity contribution in [3.8, 4) is 0 Å². The second-order valence-corrected chi connectivity index (χ2v) is 2.94. The standard InChI is InChI=1S/C8H12O2/c1-6-2-7(5-9)4-8(10)3-6/h5,7-8,10H,1-4H2/t7?,8-/m1/s1. The highest BCUT2D eigenvalue weighted by atomic mass is 16.3. The molecule has 0 aromatic heterocycles. The van der Waals surface area contributed by atoms with Gasteiger partial charge in [0.1, 0.15) is 6.29 Å². The molecule has 0 radical (unpaired) electrons. The summed E-state index contributed by atoms with van der Waals surface area (Å²) < 4.78 is 0. The van der Waals surface area contributed by atoms with Crippen LogP contribution in [0, 0.1) is 5.92 Å². The number of carbonyl (C=O) groups excluding carboxylic acids is 1. The summed E-state index contributed by atoms with van der Waals surface area (Å²) in [6.45, 7) is 3.74. The van der Waals surface area contributed by atoms with E-state index in [2.05, 4.69) is 6.58 Å². The van der Waals surface area contributed by atoms with Crippen LogP contribution < -0.4 is 0 Å². The summed E-state index contributed by atoms with van der Waals surface area (Å²) in [5.41, 5.74) is 0.996. The molecule has 0 aromatic rings. The summed E-state index contributed by atoms with van der Waals surface area (Å²) in [4.78, 5) is 10.3. The van der Waals surface area contributed by atoms with Crippen LogP contribution in [0.15, 0.2) is 12.2 Å². The van der Waals surface area contributed by atoms with E-state index >= 15 is 0 Å². The zero-order valence-corrected chi connectivity index (χ0v) is 5.92. The van der Waals surface area contributed by atoms with Gasteiger partial charge in [0.25, 0.3) is 0 Å². The van der Waals surface area contributed by atoms with Gasteiger partial charge in [-0.2, -0.15) is 0 Å². The number of aliphatic hydroxyl groups is 1. The summed E-state index contributed by atoms with van der Waals surface area (Å²) in [5.74, 6) is 0.0104. The molecule has 1 N–H and O–H groups in total. The van der Waals surface area contributed by atoms with Gasteiger partial charge >= 0.3 is 0 Å². The van der Waals surface area contributed by atoms with E-state index in [0.717, 1.165) is 18.3 Å². The fourth-order valence-corrected chi connectivity index (χ4v) is 1.41. The number of aldehydes is 1. The Balaban J connectivity index is 2.50. The minimum atomic E-state index is -0.337. The zero-order chi connectivity index (χ0) is 7.56. The van der Waals surface area contributed by atoms with Crippen molar-refractivity contribution in [1.29, 1.82) is 0 Å². The maximum Gasteiger partial charge on any atom is 0.123 e. The van der Waals surface area contributed by atoms with Crippen molar-refractivity contribution < 1.29 is 9.90 Å². The van der Waals surface area contributed by atoms with Crippen molar-refractivity contribution in [3.05, 3.63) is 12.2 Å². The van der Waals surface area contributed by atoms with Crippen LogP contribution in [0.3, 0.4) is 0 Å². The Morgan fingerprint density at radius 1 is 1.60 bits per heavy atom. The summed E-state index contributed by atoms with van der Waals surface area (Å²) >= 11 is 0. The van der Waals surface area contributed by atoms with Crippen molar-refractivity contribution in [1.82, 2.24) is 0 Å². The molecule has 1 aliphatic rings. The van der Waals surface area contributed by atoms with Crippen LogP contribution in [0.1, 0.15) is 19.3 Å². The molecule has 56 valence electrons. The van der Waals surface area contributed by atoms with E-state index in [0.29, 0.717) is 12.8 Å². The monoisotopic (exact) mass is 140 g/mol. The minimum Gasteiger partial charge on any atom is -0.393 e. The topological polar surface area (TPSA) is 37.3 Å². The molecule has 0 heterocycles.